The molecule has 1 aromatic rings. The molecule has 1 heterocycles. The van der Waals surface area contributed by atoms with Crippen LogP contribution in [0, 0.1) is 0 Å². The molecule has 1 aliphatic rings. The molecular formula is C15H22Cl2N4O2. The van der Waals surface area contributed by atoms with Crippen LogP contribution in [0.5, 0.6) is 0 Å². The largest absolute Gasteiger partial charge is 0.340 e. The molecule has 128 valence electrons. The summed E-state index contributed by atoms with van der Waals surface area (Å²) < 4.78 is 0. The van der Waals surface area contributed by atoms with Crippen LogP contribution in [0.1, 0.15) is 12.0 Å². The fourth-order valence-corrected chi connectivity index (χ4v) is 2.43. The fourth-order valence-electron chi connectivity index (χ4n) is 2.30. The van der Waals surface area contributed by atoms with Gasteiger partial charge in [0.1, 0.15) is 0 Å². The van der Waals surface area contributed by atoms with E-state index in [1.165, 1.54) is 0 Å². The number of hydrogen-bond acceptors (Lipinski definition) is 3. The van der Waals surface area contributed by atoms with Crippen LogP contribution in [-0.2, 0) is 11.3 Å². The minimum absolute atomic E-state index is 0. The Morgan fingerprint density at radius 1 is 1.30 bits per heavy atom. The van der Waals surface area contributed by atoms with Gasteiger partial charge >= 0.3 is 6.03 Å². The van der Waals surface area contributed by atoms with Crippen LogP contribution in [0.15, 0.2) is 24.3 Å². The van der Waals surface area contributed by atoms with Crippen LogP contribution in [0.25, 0.3) is 0 Å². The first-order valence-electron chi connectivity index (χ1n) is 7.29. The van der Waals surface area contributed by atoms with Gasteiger partial charge in [0, 0.05) is 31.2 Å². The molecule has 1 atom stereocenters. The third-order valence-corrected chi connectivity index (χ3v) is 3.99. The van der Waals surface area contributed by atoms with Crippen LogP contribution in [0.3, 0.4) is 0 Å². The molecule has 0 aliphatic carbocycles. The van der Waals surface area contributed by atoms with Gasteiger partial charge in [-0.25, -0.2) is 4.79 Å². The molecule has 0 bridgehead atoms. The Balaban J connectivity index is 0.00000264. The number of benzene rings is 1. The first kappa shape index (κ1) is 19.5. The molecule has 3 N–H and O–H groups in total. The van der Waals surface area contributed by atoms with Crippen molar-refractivity contribution in [2.45, 2.75) is 19.0 Å². The lowest BCUT2D eigenvalue weighted by Crippen LogP contribution is -2.46. The van der Waals surface area contributed by atoms with Crippen molar-refractivity contribution in [1.29, 1.82) is 0 Å². The molecule has 0 aromatic heterocycles. The highest BCUT2D eigenvalue weighted by molar-refractivity contribution is 6.30. The van der Waals surface area contributed by atoms with Gasteiger partial charge < -0.3 is 20.9 Å². The number of nitrogens with one attached hydrogen (secondary N) is 3. The van der Waals surface area contributed by atoms with E-state index in [0.717, 1.165) is 25.1 Å². The zero-order chi connectivity index (χ0) is 15.9. The van der Waals surface area contributed by atoms with Crippen molar-refractivity contribution < 1.29 is 9.59 Å². The maximum atomic E-state index is 12.0. The third kappa shape index (κ3) is 6.25. The molecule has 8 heteroatoms. The number of halogens is 2. The second-order valence-electron chi connectivity index (χ2n) is 5.31. The summed E-state index contributed by atoms with van der Waals surface area (Å²) in [7, 11) is 1.77. The highest BCUT2D eigenvalue weighted by Crippen LogP contribution is 2.09. The van der Waals surface area contributed by atoms with E-state index in [9.17, 15) is 9.59 Å². The molecule has 1 aromatic carbocycles. The Morgan fingerprint density at radius 2 is 2.00 bits per heavy atom. The van der Waals surface area contributed by atoms with E-state index < -0.39 is 0 Å². The SMILES string of the molecule is CN(C(=O)CNC(=O)NCc1ccc(Cl)cc1)C1CCNC1.Cl. The third-order valence-electron chi connectivity index (χ3n) is 3.74. The predicted molar refractivity (Wildman–Crippen MR) is 93.0 cm³/mol. The quantitative estimate of drug-likeness (QED) is 0.742. The number of rotatable bonds is 5. The van der Waals surface area contributed by atoms with Gasteiger partial charge in [-0.15, -0.1) is 12.4 Å². The Hall–Kier alpha value is -1.50. The lowest BCUT2D eigenvalue weighted by atomic mass is 10.2. The van der Waals surface area contributed by atoms with E-state index >= 15 is 0 Å². The van der Waals surface area contributed by atoms with Crippen LogP contribution in [0.4, 0.5) is 4.79 Å². The van der Waals surface area contributed by atoms with Gasteiger partial charge in [0.2, 0.25) is 5.91 Å². The molecule has 3 amide bonds. The number of hydrogen-bond donors (Lipinski definition) is 3. The Bertz CT molecular complexity index is 519. The zero-order valence-corrected chi connectivity index (χ0v) is 14.5. The van der Waals surface area contributed by atoms with Gasteiger partial charge in [0.15, 0.2) is 0 Å². The van der Waals surface area contributed by atoms with Crippen molar-refractivity contribution in [2.24, 2.45) is 0 Å². The highest BCUT2D eigenvalue weighted by atomic mass is 35.5. The van der Waals surface area contributed by atoms with Crippen molar-refractivity contribution in [3.05, 3.63) is 34.9 Å². The summed E-state index contributed by atoms with van der Waals surface area (Å²) in [4.78, 5) is 25.4. The number of urea groups is 1. The van der Waals surface area contributed by atoms with E-state index in [1.807, 2.05) is 12.1 Å². The van der Waals surface area contributed by atoms with Crippen molar-refractivity contribution in [2.75, 3.05) is 26.7 Å². The Kier molecular flexibility index (Phi) is 8.16. The molecule has 23 heavy (non-hydrogen) atoms. The average molecular weight is 361 g/mol. The number of nitrogens with zero attached hydrogens (tertiary/aromatic N) is 1. The van der Waals surface area contributed by atoms with Crippen molar-refractivity contribution in [3.8, 4) is 0 Å². The topological polar surface area (TPSA) is 73.5 Å². The summed E-state index contributed by atoms with van der Waals surface area (Å²) in [5.41, 5.74) is 0.944. The average Bonchev–Trinajstić information content (AvgIpc) is 3.05. The van der Waals surface area contributed by atoms with E-state index in [1.54, 1.807) is 24.1 Å². The van der Waals surface area contributed by atoms with E-state index in [-0.39, 0.29) is 36.9 Å². The van der Waals surface area contributed by atoms with Crippen LogP contribution < -0.4 is 16.0 Å². The summed E-state index contributed by atoms with van der Waals surface area (Å²) in [5.74, 6) is -0.0876. The van der Waals surface area contributed by atoms with Gasteiger partial charge in [0.05, 0.1) is 6.54 Å². The molecule has 0 radical (unpaired) electrons. The molecule has 6 nitrogen and oxygen atoms in total. The molecular weight excluding hydrogens is 339 g/mol. The highest BCUT2D eigenvalue weighted by Gasteiger charge is 2.23. The van der Waals surface area contributed by atoms with E-state index in [0.29, 0.717) is 11.6 Å². The van der Waals surface area contributed by atoms with E-state index in [4.69, 9.17) is 11.6 Å². The van der Waals surface area contributed by atoms with Gasteiger partial charge in [0.25, 0.3) is 0 Å². The zero-order valence-electron chi connectivity index (χ0n) is 13.0. The monoisotopic (exact) mass is 360 g/mol. The lowest BCUT2D eigenvalue weighted by molar-refractivity contribution is -0.130. The minimum Gasteiger partial charge on any atom is -0.340 e. The molecule has 1 unspecified atom stereocenters. The van der Waals surface area contributed by atoms with Gasteiger partial charge in [-0.05, 0) is 30.7 Å². The summed E-state index contributed by atoms with van der Waals surface area (Å²) in [6.07, 6.45) is 0.949. The fraction of sp³-hybridized carbons (Fsp3) is 0.467. The molecule has 1 saturated heterocycles. The smallest absolute Gasteiger partial charge is 0.315 e. The first-order valence-corrected chi connectivity index (χ1v) is 7.66. The molecule has 1 fully saturated rings. The van der Waals surface area contributed by atoms with Gasteiger partial charge in [-0.3, -0.25) is 4.79 Å². The van der Waals surface area contributed by atoms with Crippen LogP contribution in [0.2, 0.25) is 5.02 Å². The summed E-state index contributed by atoms with van der Waals surface area (Å²) >= 11 is 5.80. The number of amides is 3. The molecule has 2 rings (SSSR count). The predicted octanol–water partition coefficient (Wildman–Crippen LogP) is 1.38. The lowest BCUT2D eigenvalue weighted by Gasteiger charge is -2.23. The summed E-state index contributed by atoms with van der Waals surface area (Å²) in [6, 6.07) is 7.08. The second kappa shape index (κ2) is 9.60. The van der Waals surface area contributed by atoms with Crippen molar-refractivity contribution in [3.63, 3.8) is 0 Å². The first-order chi connectivity index (χ1) is 10.6. The number of carbonyl (C=O) groups excluding carboxylic acids is 2. The normalized spacial score (nSPS) is 16.3. The standard InChI is InChI=1S/C15H21ClN4O2.ClH/c1-20(13-6-7-17-9-13)14(21)10-19-15(22)18-8-11-2-4-12(16)5-3-11;/h2-5,13,17H,6-10H2,1H3,(H2,18,19,22);1H. The van der Waals surface area contributed by atoms with Gasteiger partial charge in [-0.2, -0.15) is 0 Å². The number of likely N-dealkylation sites (N-methyl/N-ethyl adjacent to an activating group) is 1. The van der Waals surface area contributed by atoms with Crippen molar-refractivity contribution >= 4 is 35.9 Å². The van der Waals surface area contributed by atoms with Crippen LogP contribution in [-0.4, -0.2) is 49.6 Å². The molecule has 1 aliphatic heterocycles. The molecule has 0 spiro atoms. The number of carbonyl (C=O) groups is 2. The Labute approximate surface area is 147 Å². The minimum atomic E-state index is -0.360. The van der Waals surface area contributed by atoms with Crippen LogP contribution >= 0.6 is 24.0 Å². The summed E-state index contributed by atoms with van der Waals surface area (Å²) in [6.45, 7) is 2.13. The van der Waals surface area contributed by atoms with E-state index in [2.05, 4.69) is 16.0 Å². The Morgan fingerprint density at radius 3 is 2.61 bits per heavy atom. The second-order valence-corrected chi connectivity index (χ2v) is 5.75. The maximum Gasteiger partial charge on any atom is 0.315 e. The maximum absolute atomic E-state index is 12.0. The van der Waals surface area contributed by atoms with Gasteiger partial charge in [-0.1, -0.05) is 23.7 Å². The molecule has 0 saturated carbocycles. The van der Waals surface area contributed by atoms with Crippen molar-refractivity contribution in [1.82, 2.24) is 20.9 Å². The summed E-state index contributed by atoms with van der Waals surface area (Å²) in [5, 5.41) is 9.15.